The molecular formula is C16H18N2O4S2. The maximum Gasteiger partial charge on any atom is 0.313 e. The van der Waals surface area contributed by atoms with Crippen LogP contribution in [-0.4, -0.2) is 47.6 Å². The zero-order valence-electron chi connectivity index (χ0n) is 13.2. The number of rotatable bonds is 5. The molecule has 2 aromatic rings. The lowest BCUT2D eigenvalue weighted by Gasteiger charge is -2.16. The Morgan fingerprint density at radius 2 is 2.00 bits per heavy atom. The normalized spacial score (nSPS) is 15.9. The van der Waals surface area contributed by atoms with Gasteiger partial charge in [0, 0.05) is 29.1 Å². The second-order valence-electron chi connectivity index (χ2n) is 5.73. The minimum absolute atomic E-state index is 0.0817. The average Bonchev–Trinajstić information content (AvgIpc) is 3.07. The van der Waals surface area contributed by atoms with Crippen LogP contribution in [-0.2, 0) is 14.8 Å². The first-order valence-corrected chi connectivity index (χ1v) is 10.1. The Hall–Kier alpha value is -1.64. The number of aliphatic carboxylic acids is 1. The summed E-state index contributed by atoms with van der Waals surface area (Å²) in [5.41, 5.74) is 1.44. The first kappa shape index (κ1) is 17.2. The number of aryl methyl sites for hydroxylation is 1. The molecule has 3 rings (SSSR count). The topological polar surface area (TPSA) is 87.6 Å². The standard InChI is InChI=1S/C16H18N2O4S2/c1-11-8-15(23-10-16(19)20)13-9-12(4-5-14(13)17-11)24(21,22)18-6-2-3-7-18/h4-5,8-9H,2-3,6-7,10H2,1H3,(H,19,20). The van der Waals surface area contributed by atoms with E-state index in [2.05, 4.69) is 4.98 Å². The molecule has 1 aliphatic rings. The molecular weight excluding hydrogens is 348 g/mol. The monoisotopic (exact) mass is 366 g/mol. The molecule has 1 aromatic carbocycles. The van der Waals surface area contributed by atoms with Gasteiger partial charge in [-0.15, -0.1) is 11.8 Å². The van der Waals surface area contributed by atoms with Gasteiger partial charge in [-0.05, 0) is 44.0 Å². The van der Waals surface area contributed by atoms with Crippen LogP contribution in [0.3, 0.4) is 0 Å². The number of aromatic nitrogens is 1. The van der Waals surface area contributed by atoms with Gasteiger partial charge in [-0.1, -0.05) is 0 Å². The van der Waals surface area contributed by atoms with Crippen molar-refractivity contribution in [1.82, 2.24) is 9.29 Å². The lowest BCUT2D eigenvalue weighted by atomic mass is 10.2. The van der Waals surface area contributed by atoms with E-state index < -0.39 is 16.0 Å². The lowest BCUT2D eigenvalue weighted by molar-refractivity contribution is -0.133. The van der Waals surface area contributed by atoms with E-state index in [4.69, 9.17) is 5.11 Å². The van der Waals surface area contributed by atoms with Crippen molar-refractivity contribution in [2.45, 2.75) is 29.6 Å². The van der Waals surface area contributed by atoms with Crippen LogP contribution < -0.4 is 0 Å². The molecule has 1 aliphatic heterocycles. The summed E-state index contributed by atoms with van der Waals surface area (Å²) in [5.74, 6) is -0.995. The SMILES string of the molecule is Cc1cc(SCC(=O)O)c2cc(S(=O)(=O)N3CCCC3)ccc2n1. The molecule has 0 radical (unpaired) electrons. The summed E-state index contributed by atoms with van der Waals surface area (Å²) in [6.07, 6.45) is 1.76. The van der Waals surface area contributed by atoms with Crippen LogP contribution >= 0.6 is 11.8 Å². The smallest absolute Gasteiger partial charge is 0.313 e. The van der Waals surface area contributed by atoms with E-state index in [9.17, 15) is 13.2 Å². The summed E-state index contributed by atoms with van der Waals surface area (Å²) in [5, 5.41) is 9.58. The number of fused-ring (bicyclic) bond motifs is 1. The van der Waals surface area contributed by atoms with Gasteiger partial charge in [0.05, 0.1) is 16.2 Å². The molecule has 0 unspecified atom stereocenters. The van der Waals surface area contributed by atoms with Gasteiger partial charge >= 0.3 is 5.97 Å². The number of hydrogen-bond acceptors (Lipinski definition) is 5. The van der Waals surface area contributed by atoms with Crippen LogP contribution in [0.2, 0.25) is 0 Å². The van der Waals surface area contributed by atoms with Crippen LogP contribution in [0.1, 0.15) is 18.5 Å². The molecule has 128 valence electrons. The number of carboxylic acids is 1. The Labute approximate surface area is 144 Å². The van der Waals surface area contributed by atoms with Crippen molar-refractivity contribution in [1.29, 1.82) is 0 Å². The minimum Gasteiger partial charge on any atom is -0.481 e. The van der Waals surface area contributed by atoms with Gasteiger partial charge in [0.1, 0.15) is 0 Å². The molecule has 0 amide bonds. The van der Waals surface area contributed by atoms with Crippen molar-refractivity contribution in [3.05, 3.63) is 30.0 Å². The first-order valence-electron chi connectivity index (χ1n) is 7.64. The van der Waals surface area contributed by atoms with E-state index in [0.29, 0.717) is 24.0 Å². The summed E-state index contributed by atoms with van der Waals surface area (Å²) in [6, 6.07) is 6.67. The molecule has 0 atom stereocenters. The van der Waals surface area contributed by atoms with Gasteiger partial charge in [0.15, 0.2) is 0 Å². The summed E-state index contributed by atoms with van der Waals surface area (Å²) >= 11 is 1.18. The molecule has 1 saturated heterocycles. The van der Waals surface area contributed by atoms with Gasteiger partial charge in [0.25, 0.3) is 0 Å². The van der Waals surface area contributed by atoms with Crippen molar-refractivity contribution < 1.29 is 18.3 Å². The van der Waals surface area contributed by atoms with E-state index in [1.807, 2.05) is 6.92 Å². The van der Waals surface area contributed by atoms with Crippen LogP contribution in [0, 0.1) is 6.92 Å². The Bertz CT molecular complexity index is 890. The van der Waals surface area contributed by atoms with Crippen molar-refractivity contribution in [2.24, 2.45) is 0 Å². The van der Waals surface area contributed by atoms with E-state index in [1.165, 1.54) is 16.1 Å². The highest BCUT2D eigenvalue weighted by atomic mass is 32.2. The largest absolute Gasteiger partial charge is 0.481 e. The van der Waals surface area contributed by atoms with Crippen LogP contribution in [0.15, 0.2) is 34.1 Å². The highest BCUT2D eigenvalue weighted by Crippen LogP contribution is 2.31. The van der Waals surface area contributed by atoms with Gasteiger partial charge in [0.2, 0.25) is 10.0 Å². The highest BCUT2D eigenvalue weighted by Gasteiger charge is 2.27. The molecule has 0 spiro atoms. The van der Waals surface area contributed by atoms with Crippen LogP contribution in [0.5, 0.6) is 0 Å². The maximum atomic E-state index is 12.7. The fourth-order valence-corrected chi connectivity index (χ4v) is 5.19. The number of thioether (sulfide) groups is 1. The molecule has 0 aliphatic carbocycles. The Kier molecular flexibility index (Phi) is 4.80. The lowest BCUT2D eigenvalue weighted by Crippen LogP contribution is -2.27. The number of pyridine rings is 1. The number of carbonyl (C=O) groups is 1. The molecule has 1 fully saturated rings. The predicted octanol–water partition coefficient (Wildman–Crippen LogP) is 2.50. The average molecular weight is 366 g/mol. The Balaban J connectivity index is 2.07. The molecule has 24 heavy (non-hydrogen) atoms. The highest BCUT2D eigenvalue weighted by molar-refractivity contribution is 8.00. The van der Waals surface area contributed by atoms with Gasteiger partial charge in [-0.3, -0.25) is 9.78 Å². The number of nitrogens with zero attached hydrogens (tertiary/aromatic N) is 2. The summed E-state index contributed by atoms with van der Waals surface area (Å²) in [6.45, 7) is 2.93. The summed E-state index contributed by atoms with van der Waals surface area (Å²) in [4.78, 5) is 16.2. The number of carboxylic acid groups (broad SMARTS) is 1. The van der Waals surface area contributed by atoms with Gasteiger partial charge in [-0.2, -0.15) is 4.31 Å². The van der Waals surface area contributed by atoms with Crippen LogP contribution in [0.4, 0.5) is 0 Å². The second-order valence-corrected chi connectivity index (χ2v) is 8.69. The van der Waals surface area contributed by atoms with Crippen molar-refractivity contribution in [3.8, 4) is 0 Å². The van der Waals surface area contributed by atoms with Gasteiger partial charge in [-0.25, -0.2) is 8.42 Å². The molecule has 6 nitrogen and oxygen atoms in total. The third kappa shape index (κ3) is 3.40. The van der Waals surface area contributed by atoms with Crippen molar-refractivity contribution >= 4 is 38.7 Å². The van der Waals surface area contributed by atoms with E-state index in [-0.39, 0.29) is 10.6 Å². The third-order valence-corrected chi connectivity index (χ3v) is 6.86. The van der Waals surface area contributed by atoms with E-state index >= 15 is 0 Å². The molecule has 2 heterocycles. The summed E-state index contributed by atoms with van der Waals surface area (Å²) in [7, 11) is -3.51. The first-order chi connectivity index (χ1) is 11.4. The van der Waals surface area contributed by atoms with Crippen molar-refractivity contribution in [2.75, 3.05) is 18.8 Å². The number of benzene rings is 1. The third-order valence-electron chi connectivity index (χ3n) is 3.92. The molecule has 1 aromatic heterocycles. The minimum atomic E-state index is -3.51. The number of hydrogen-bond donors (Lipinski definition) is 1. The molecule has 1 N–H and O–H groups in total. The number of sulfonamides is 1. The predicted molar refractivity (Wildman–Crippen MR) is 92.8 cm³/mol. The van der Waals surface area contributed by atoms with E-state index in [0.717, 1.165) is 23.4 Å². The van der Waals surface area contributed by atoms with Crippen molar-refractivity contribution in [3.63, 3.8) is 0 Å². The Morgan fingerprint density at radius 1 is 1.29 bits per heavy atom. The maximum absolute atomic E-state index is 12.7. The van der Waals surface area contributed by atoms with Crippen LogP contribution in [0.25, 0.3) is 10.9 Å². The zero-order chi connectivity index (χ0) is 17.3. The fourth-order valence-electron chi connectivity index (χ4n) is 2.80. The molecule has 0 bridgehead atoms. The quantitative estimate of drug-likeness (QED) is 0.818. The Morgan fingerprint density at radius 3 is 2.67 bits per heavy atom. The van der Waals surface area contributed by atoms with Gasteiger partial charge < -0.3 is 5.11 Å². The van der Waals surface area contributed by atoms with E-state index in [1.54, 1.807) is 24.3 Å². The summed E-state index contributed by atoms with van der Waals surface area (Å²) < 4.78 is 27.0. The fraction of sp³-hybridized carbons (Fsp3) is 0.375. The molecule has 0 saturated carbocycles. The second kappa shape index (κ2) is 6.70. The molecule has 8 heteroatoms. The zero-order valence-corrected chi connectivity index (χ0v) is 14.9.